The van der Waals surface area contributed by atoms with E-state index >= 15 is 0 Å². The van der Waals surface area contributed by atoms with E-state index in [1.807, 2.05) is 57.5 Å². The molecule has 3 heterocycles. The van der Waals surface area contributed by atoms with Gasteiger partial charge in [-0.3, -0.25) is 19.3 Å². The first-order valence-corrected chi connectivity index (χ1v) is 14.4. The number of hydrogen-bond donors (Lipinski definition) is 4. The summed E-state index contributed by atoms with van der Waals surface area (Å²) in [6, 6.07) is 6.32. The molecule has 2 aliphatic heterocycles. The first-order valence-electron chi connectivity index (χ1n) is 13.5. The quantitative estimate of drug-likeness (QED) is 0.384. The number of carbonyl (C=O) groups is 3. The normalized spacial score (nSPS) is 21.0. The summed E-state index contributed by atoms with van der Waals surface area (Å²) in [6.07, 6.45) is -0.643. The monoisotopic (exact) mass is 556 g/mol. The number of aryl methyl sites for hydroxylation is 1. The zero-order valence-corrected chi connectivity index (χ0v) is 24.0. The van der Waals surface area contributed by atoms with E-state index in [4.69, 9.17) is 0 Å². The number of thiazole rings is 1. The van der Waals surface area contributed by atoms with Gasteiger partial charge in [0, 0.05) is 45.7 Å². The number of amides is 3. The van der Waals surface area contributed by atoms with Crippen LogP contribution in [0.4, 0.5) is 0 Å². The maximum Gasteiger partial charge on any atom is 0.246 e. The molecule has 3 unspecified atom stereocenters. The molecule has 3 atom stereocenters. The third-order valence-electron chi connectivity index (χ3n) is 7.29. The van der Waals surface area contributed by atoms with Gasteiger partial charge in [0.25, 0.3) is 0 Å². The van der Waals surface area contributed by atoms with Crippen LogP contribution in [-0.2, 0) is 20.9 Å². The third kappa shape index (κ3) is 7.42. The molecule has 0 bridgehead atoms. The van der Waals surface area contributed by atoms with Crippen LogP contribution in [0.3, 0.4) is 0 Å². The number of benzene rings is 1. The Hall–Kier alpha value is -2.86. The molecular weight excluding hydrogens is 516 g/mol. The maximum atomic E-state index is 13.7. The SMILES string of the molecule is Cc1ncsc1-c1ccc(CNC(=O)C2CC(O)CN2C(=O)C(NC(=O)CN2CCNCC2)C(C)(C)C)cc1. The molecular formula is C28H40N6O4S. The molecule has 2 aliphatic rings. The standard InChI is InChI=1S/C28H40N6O4S/c1-18-24(39-17-31-18)20-7-5-19(6-8-20)14-30-26(37)22-13-21(35)15-34(22)27(38)25(28(2,3)4)32-23(36)16-33-11-9-29-10-12-33/h5-8,17,21-22,25,29,35H,9-16H2,1-4H3,(H,30,37)(H,32,36). The molecule has 0 radical (unpaired) electrons. The van der Waals surface area contributed by atoms with Gasteiger partial charge in [-0.1, -0.05) is 45.0 Å². The first-order chi connectivity index (χ1) is 18.5. The van der Waals surface area contributed by atoms with Crippen molar-refractivity contribution in [3.05, 3.63) is 41.0 Å². The molecule has 2 saturated heterocycles. The molecule has 212 valence electrons. The van der Waals surface area contributed by atoms with Crippen molar-refractivity contribution in [2.24, 2.45) is 5.41 Å². The molecule has 10 nitrogen and oxygen atoms in total. The summed E-state index contributed by atoms with van der Waals surface area (Å²) >= 11 is 1.59. The molecule has 1 aromatic heterocycles. The van der Waals surface area contributed by atoms with Crippen molar-refractivity contribution in [2.75, 3.05) is 39.3 Å². The van der Waals surface area contributed by atoms with Crippen LogP contribution in [0.1, 0.15) is 38.4 Å². The lowest BCUT2D eigenvalue weighted by Crippen LogP contribution is -2.59. The summed E-state index contributed by atoms with van der Waals surface area (Å²) < 4.78 is 0. The Morgan fingerprint density at radius 3 is 2.49 bits per heavy atom. The average molecular weight is 557 g/mol. The van der Waals surface area contributed by atoms with E-state index in [9.17, 15) is 19.5 Å². The van der Waals surface area contributed by atoms with Crippen molar-refractivity contribution >= 4 is 29.1 Å². The number of rotatable bonds is 8. The molecule has 0 spiro atoms. The Balaban J connectivity index is 1.38. The van der Waals surface area contributed by atoms with Crippen LogP contribution in [-0.4, -0.2) is 95.1 Å². The van der Waals surface area contributed by atoms with Gasteiger partial charge in [-0.05, 0) is 23.5 Å². The Bertz CT molecular complexity index is 1160. The lowest BCUT2D eigenvalue weighted by molar-refractivity contribution is -0.144. The minimum absolute atomic E-state index is 0.0556. The number of β-amino-alcohol motifs (C(OH)–C–C–N with tert-alkyl or cyclic N) is 1. The summed E-state index contributed by atoms with van der Waals surface area (Å²) in [6.45, 7) is 11.4. The second-order valence-electron chi connectivity index (χ2n) is 11.5. The molecule has 0 aliphatic carbocycles. The summed E-state index contributed by atoms with van der Waals surface area (Å²) in [5.74, 6) is -0.887. The number of piperazine rings is 1. The Labute approximate surface area is 234 Å². The van der Waals surface area contributed by atoms with Gasteiger partial charge in [0.15, 0.2) is 0 Å². The fraction of sp³-hybridized carbons (Fsp3) is 0.571. The van der Waals surface area contributed by atoms with Gasteiger partial charge in [0.05, 0.1) is 28.7 Å². The van der Waals surface area contributed by atoms with Gasteiger partial charge in [0.2, 0.25) is 17.7 Å². The van der Waals surface area contributed by atoms with E-state index in [1.165, 1.54) is 4.90 Å². The van der Waals surface area contributed by atoms with Crippen LogP contribution in [0, 0.1) is 12.3 Å². The molecule has 4 rings (SSSR count). The van der Waals surface area contributed by atoms with Crippen molar-refractivity contribution in [1.82, 2.24) is 30.7 Å². The van der Waals surface area contributed by atoms with E-state index in [1.54, 1.807) is 11.3 Å². The van der Waals surface area contributed by atoms with Gasteiger partial charge in [0.1, 0.15) is 12.1 Å². The van der Waals surface area contributed by atoms with Crippen LogP contribution in [0.5, 0.6) is 0 Å². The Morgan fingerprint density at radius 1 is 1.18 bits per heavy atom. The Kier molecular flexibility index (Phi) is 9.37. The van der Waals surface area contributed by atoms with Crippen LogP contribution in [0.25, 0.3) is 10.4 Å². The van der Waals surface area contributed by atoms with Crippen LogP contribution in [0.15, 0.2) is 29.8 Å². The second-order valence-corrected chi connectivity index (χ2v) is 12.3. The van der Waals surface area contributed by atoms with Crippen molar-refractivity contribution in [2.45, 2.75) is 58.8 Å². The largest absolute Gasteiger partial charge is 0.391 e. The van der Waals surface area contributed by atoms with E-state index in [0.29, 0.717) is 6.54 Å². The zero-order valence-electron chi connectivity index (χ0n) is 23.2. The number of aromatic nitrogens is 1. The van der Waals surface area contributed by atoms with E-state index in [2.05, 4.69) is 25.8 Å². The van der Waals surface area contributed by atoms with Crippen molar-refractivity contribution in [3.8, 4) is 10.4 Å². The fourth-order valence-corrected chi connectivity index (χ4v) is 5.87. The predicted octanol–water partition coefficient (Wildman–Crippen LogP) is 1.13. The highest BCUT2D eigenvalue weighted by Crippen LogP contribution is 2.28. The number of nitrogens with one attached hydrogen (secondary N) is 3. The molecule has 2 fully saturated rings. The predicted molar refractivity (Wildman–Crippen MR) is 151 cm³/mol. The molecule has 39 heavy (non-hydrogen) atoms. The number of aliphatic hydroxyl groups excluding tert-OH is 1. The van der Waals surface area contributed by atoms with E-state index < -0.39 is 23.6 Å². The molecule has 0 saturated carbocycles. The maximum absolute atomic E-state index is 13.7. The first kappa shape index (κ1) is 29.1. The zero-order chi connectivity index (χ0) is 28.2. The van der Waals surface area contributed by atoms with Crippen molar-refractivity contribution in [3.63, 3.8) is 0 Å². The van der Waals surface area contributed by atoms with Crippen LogP contribution >= 0.6 is 11.3 Å². The topological polar surface area (TPSA) is 127 Å². The van der Waals surface area contributed by atoms with Crippen molar-refractivity contribution in [1.29, 1.82) is 0 Å². The van der Waals surface area contributed by atoms with Gasteiger partial charge in [-0.15, -0.1) is 11.3 Å². The van der Waals surface area contributed by atoms with Crippen molar-refractivity contribution < 1.29 is 19.5 Å². The highest BCUT2D eigenvalue weighted by Gasteiger charge is 2.44. The lowest BCUT2D eigenvalue weighted by atomic mass is 9.85. The van der Waals surface area contributed by atoms with Crippen LogP contribution < -0.4 is 16.0 Å². The number of carbonyl (C=O) groups excluding carboxylic acids is 3. The third-order valence-corrected chi connectivity index (χ3v) is 8.27. The summed E-state index contributed by atoms with van der Waals surface area (Å²) in [5, 5.41) is 19.5. The average Bonchev–Trinajstić information content (AvgIpc) is 3.51. The summed E-state index contributed by atoms with van der Waals surface area (Å²) in [5.41, 5.74) is 4.23. The lowest BCUT2D eigenvalue weighted by Gasteiger charge is -2.36. The number of hydrogen-bond acceptors (Lipinski definition) is 8. The fourth-order valence-electron chi connectivity index (χ4n) is 5.06. The van der Waals surface area contributed by atoms with Gasteiger partial charge >= 0.3 is 0 Å². The molecule has 11 heteroatoms. The van der Waals surface area contributed by atoms with Gasteiger partial charge < -0.3 is 26.0 Å². The Morgan fingerprint density at radius 2 is 1.87 bits per heavy atom. The van der Waals surface area contributed by atoms with Gasteiger partial charge in [-0.25, -0.2) is 4.98 Å². The van der Waals surface area contributed by atoms with Gasteiger partial charge in [-0.2, -0.15) is 0 Å². The highest BCUT2D eigenvalue weighted by atomic mass is 32.1. The smallest absolute Gasteiger partial charge is 0.246 e. The molecule has 4 N–H and O–H groups in total. The van der Waals surface area contributed by atoms with Crippen LogP contribution in [0.2, 0.25) is 0 Å². The minimum atomic E-state index is -0.823. The molecule has 1 aromatic carbocycles. The molecule has 2 aromatic rings. The highest BCUT2D eigenvalue weighted by molar-refractivity contribution is 7.13. The number of nitrogens with zero attached hydrogens (tertiary/aromatic N) is 3. The summed E-state index contributed by atoms with van der Waals surface area (Å²) in [4.78, 5) is 48.7. The summed E-state index contributed by atoms with van der Waals surface area (Å²) in [7, 11) is 0. The number of aliphatic hydroxyl groups is 1. The second kappa shape index (κ2) is 12.5. The van der Waals surface area contributed by atoms with E-state index in [0.717, 1.165) is 47.9 Å². The number of likely N-dealkylation sites (tertiary alicyclic amines) is 1. The van der Waals surface area contributed by atoms with E-state index in [-0.39, 0.29) is 37.2 Å². The minimum Gasteiger partial charge on any atom is -0.391 e. The molecule has 3 amide bonds.